The Kier molecular flexibility index (Phi) is 16.2. The van der Waals surface area contributed by atoms with Gasteiger partial charge in [-0.25, -0.2) is 0 Å². The first-order valence-electron chi connectivity index (χ1n) is 5.95. The molecule has 0 aliphatic rings. The number of carbonyl (C=O) groups excluding carboxylic acids is 3. The summed E-state index contributed by atoms with van der Waals surface area (Å²) in [4.78, 5) is 30.4. The summed E-state index contributed by atoms with van der Waals surface area (Å²) in [5.74, 6) is -2.35. The van der Waals surface area contributed by atoms with Crippen LogP contribution in [0.4, 0.5) is 0 Å². The normalized spacial score (nSPS) is 9.00. The molecule has 0 saturated heterocycles. The molecule has 0 spiro atoms. The molecule has 0 aliphatic carbocycles. The smallest absolute Gasteiger partial charge is 0.305 e. The molecule has 0 aromatic carbocycles. The molecule has 0 radical (unpaired) electrons. The van der Waals surface area contributed by atoms with E-state index in [1.807, 2.05) is 6.92 Å². The number of esters is 3. The summed E-state index contributed by atoms with van der Waals surface area (Å²) in [6.07, 6.45) is 0. The van der Waals surface area contributed by atoms with Gasteiger partial charge in [-0.3, -0.25) is 14.4 Å². The van der Waals surface area contributed by atoms with Gasteiger partial charge in [-0.1, -0.05) is 0 Å². The average Bonchev–Trinajstić information content (AvgIpc) is 2.26. The largest absolute Gasteiger partial charge is 0.469 e. The van der Waals surface area contributed by atoms with E-state index in [0.29, 0.717) is 0 Å². The van der Waals surface area contributed by atoms with Gasteiger partial charge in [0.15, 0.2) is 0 Å². The molecule has 7 nitrogen and oxygen atoms in total. The molecule has 120 valence electrons. The topological polar surface area (TPSA) is 88.1 Å². The molecule has 0 fully saturated rings. The van der Waals surface area contributed by atoms with E-state index in [2.05, 4.69) is 18.9 Å². The van der Waals surface area contributed by atoms with Gasteiger partial charge in [0, 0.05) is 48.3 Å². The van der Waals surface area contributed by atoms with E-state index in [0.717, 1.165) is 6.61 Å². The van der Waals surface area contributed by atoms with Crippen LogP contribution in [0.5, 0.6) is 0 Å². The van der Waals surface area contributed by atoms with Crippen LogP contribution in [0.2, 0.25) is 0 Å². The Morgan fingerprint density at radius 2 is 1.10 bits per heavy atom. The maximum absolute atomic E-state index is 10.4. The molecular formula is C13H26O7. The molecule has 7 heteroatoms. The maximum Gasteiger partial charge on any atom is 0.305 e. The SMILES string of the molecule is CC(=O)OC(C)(C)OC(C)=O.CCOC.COC(C)=O. The zero-order chi connectivity index (χ0) is 16.8. The van der Waals surface area contributed by atoms with Crippen molar-refractivity contribution in [2.24, 2.45) is 0 Å². The Labute approximate surface area is 120 Å². The fraction of sp³-hybridized carbons (Fsp3) is 0.769. The second-order valence-electron chi connectivity index (χ2n) is 3.86. The first-order chi connectivity index (χ1) is 9.02. The van der Waals surface area contributed by atoms with Crippen molar-refractivity contribution in [1.29, 1.82) is 0 Å². The highest BCUT2D eigenvalue weighted by molar-refractivity contribution is 5.68. The molecule has 0 N–H and O–H groups in total. The van der Waals surface area contributed by atoms with Gasteiger partial charge in [0.25, 0.3) is 5.79 Å². The van der Waals surface area contributed by atoms with Gasteiger partial charge < -0.3 is 18.9 Å². The average molecular weight is 294 g/mol. The van der Waals surface area contributed by atoms with Gasteiger partial charge in [-0.05, 0) is 6.92 Å². The van der Waals surface area contributed by atoms with Crippen LogP contribution in [0.25, 0.3) is 0 Å². The van der Waals surface area contributed by atoms with E-state index < -0.39 is 17.7 Å². The van der Waals surface area contributed by atoms with Gasteiger partial charge in [-0.15, -0.1) is 0 Å². The van der Waals surface area contributed by atoms with Gasteiger partial charge in [0.05, 0.1) is 7.11 Å². The lowest BCUT2D eigenvalue weighted by atomic mass is 10.4. The van der Waals surface area contributed by atoms with Crippen molar-refractivity contribution >= 4 is 17.9 Å². The lowest BCUT2D eigenvalue weighted by Crippen LogP contribution is -2.32. The van der Waals surface area contributed by atoms with Gasteiger partial charge >= 0.3 is 17.9 Å². The van der Waals surface area contributed by atoms with E-state index in [1.54, 1.807) is 7.11 Å². The molecule has 0 atom stereocenters. The lowest BCUT2D eigenvalue weighted by Gasteiger charge is -2.23. The molecule has 0 bridgehead atoms. The van der Waals surface area contributed by atoms with Crippen molar-refractivity contribution in [3.05, 3.63) is 0 Å². The van der Waals surface area contributed by atoms with Gasteiger partial charge in [0.2, 0.25) is 0 Å². The van der Waals surface area contributed by atoms with Crippen LogP contribution in [-0.4, -0.2) is 44.5 Å². The summed E-state index contributed by atoms with van der Waals surface area (Å²) < 4.78 is 18.0. The van der Waals surface area contributed by atoms with Crippen molar-refractivity contribution in [3.8, 4) is 0 Å². The first kappa shape index (κ1) is 23.5. The molecule has 0 rings (SSSR count). The first-order valence-corrected chi connectivity index (χ1v) is 5.95. The Bertz CT molecular complexity index is 264. The van der Waals surface area contributed by atoms with Crippen molar-refractivity contribution < 1.29 is 33.3 Å². The Balaban J connectivity index is -0.000000266. The minimum Gasteiger partial charge on any atom is -0.469 e. The number of ether oxygens (including phenoxy) is 4. The third-order valence-electron chi connectivity index (χ3n) is 1.36. The molecule has 0 heterocycles. The highest BCUT2D eigenvalue weighted by Gasteiger charge is 2.23. The predicted octanol–water partition coefficient (Wildman–Crippen LogP) is 1.68. The van der Waals surface area contributed by atoms with Crippen LogP contribution in [-0.2, 0) is 33.3 Å². The van der Waals surface area contributed by atoms with E-state index in [4.69, 9.17) is 0 Å². The summed E-state index contributed by atoms with van der Waals surface area (Å²) >= 11 is 0. The zero-order valence-electron chi connectivity index (χ0n) is 13.6. The minimum atomic E-state index is -1.16. The molecule has 0 aromatic rings. The van der Waals surface area contributed by atoms with Crippen molar-refractivity contribution in [2.45, 2.75) is 47.3 Å². The third kappa shape index (κ3) is 29.9. The number of hydrogen-bond acceptors (Lipinski definition) is 7. The molecule has 0 aromatic heterocycles. The summed E-state index contributed by atoms with van der Waals surface area (Å²) in [5, 5.41) is 0. The minimum absolute atomic E-state index is 0.245. The van der Waals surface area contributed by atoms with E-state index >= 15 is 0 Å². The summed E-state index contributed by atoms with van der Waals surface area (Å²) in [6.45, 7) is 9.64. The van der Waals surface area contributed by atoms with Crippen LogP contribution in [0.1, 0.15) is 41.5 Å². The number of methoxy groups -OCH3 is 2. The Hall–Kier alpha value is -1.63. The van der Waals surface area contributed by atoms with Gasteiger partial charge in [0.1, 0.15) is 0 Å². The summed E-state index contributed by atoms with van der Waals surface area (Å²) in [7, 11) is 3.03. The molecule has 0 aliphatic heterocycles. The fourth-order valence-electron chi connectivity index (χ4n) is 0.713. The lowest BCUT2D eigenvalue weighted by molar-refractivity contribution is -0.213. The van der Waals surface area contributed by atoms with Crippen molar-refractivity contribution in [1.82, 2.24) is 0 Å². The van der Waals surface area contributed by atoms with Crippen LogP contribution < -0.4 is 0 Å². The van der Waals surface area contributed by atoms with Crippen LogP contribution >= 0.6 is 0 Å². The zero-order valence-corrected chi connectivity index (χ0v) is 13.6. The third-order valence-corrected chi connectivity index (χ3v) is 1.36. The highest BCUT2D eigenvalue weighted by atomic mass is 16.7. The number of carbonyl (C=O) groups is 3. The predicted molar refractivity (Wildman–Crippen MR) is 72.9 cm³/mol. The van der Waals surface area contributed by atoms with Crippen molar-refractivity contribution in [2.75, 3.05) is 20.8 Å². The standard InChI is InChI=1S/C7H12O4.C3H6O2.C3H8O/c1-5(8)10-7(3,4)11-6(2)9;1-3(4)5-2;1-3-4-2/h1-4H3;1-2H3;3H2,1-2H3. The second-order valence-corrected chi connectivity index (χ2v) is 3.86. The van der Waals surface area contributed by atoms with E-state index in [9.17, 15) is 14.4 Å². The number of rotatable bonds is 3. The molecule has 0 saturated carbocycles. The summed E-state index contributed by atoms with van der Waals surface area (Å²) in [6, 6.07) is 0. The Morgan fingerprint density at radius 1 is 0.850 bits per heavy atom. The number of hydrogen-bond donors (Lipinski definition) is 0. The summed E-state index contributed by atoms with van der Waals surface area (Å²) in [5.41, 5.74) is 0. The molecular weight excluding hydrogens is 268 g/mol. The van der Waals surface area contributed by atoms with E-state index in [-0.39, 0.29) is 5.97 Å². The van der Waals surface area contributed by atoms with Crippen LogP contribution in [0.15, 0.2) is 0 Å². The van der Waals surface area contributed by atoms with Crippen LogP contribution in [0.3, 0.4) is 0 Å². The van der Waals surface area contributed by atoms with Crippen molar-refractivity contribution in [3.63, 3.8) is 0 Å². The van der Waals surface area contributed by atoms with E-state index in [1.165, 1.54) is 41.7 Å². The maximum atomic E-state index is 10.4. The highest BCUT2D eigenvalue weighted by Crippen LogP contribution is 2.10. The van der Waals surface area contributed by atoms with Crippen LogP contribution in [0, 0.1) is 0 Å². The second kappa shape index (κ2) is 13.8. The Morgan fingerprint density at radius 3 is 1.20 bits per heavy atom. The molecule has 0 unspecified atom stereocenters. The molecule has 0 amide bonds. The quantitative estimate of drug-likeness (QED) is 0.578. The molecule has 20 heavy (non-hydrogen) atoms. The fourth-order valence-corrected chi connectivity index (χ4v) is 0.713. The monoisotopic (exact) mass is 294 g/mol. The van der Waals surface area contributed by atoms with Gasteiger partial charge in [-0.2, -0.15) is 0 Å².